The number of thiophene rings is 1. The number of sulfonamides is 1. The Morgan fingerprint density at radius 3 is 2.41 bits per heavy atom. The molecule has 7 nitrogen and oxygen atoms in total. The normalized spacial score (nSPS) is 11.4. The molecule has 0 saturated heterocycles. The maximum Gasteiger partial charge on any atom is 0.273 e. The van der Waals surface area contributed by atoms with Crippen LogP contribution in [0, 0.1) is 0 Å². The first-order valence-corrected chi connectivity index (χ1v) is 10.2. The van der Waals surface area contributed by atoms with Gasteiger partial charge in [-0.1, -0.05) is 6.07 Å². The van der Waals surface area contributed by atoms with Crippen molar-refractivity contribution in [3.8, 4) is 5.75 Å². The third-order valence-electron chi connectivity index (χ3n) is 3.42. The highest BCUT2D eigenvalue weighted by Crippen LogP contribution is 2.26. The van der Waals surface area contributed by atoms with Gasteiger partial charge in [-0.25, -0.2) is 8.42 Å². The van der Waals surface area contributed by atoms with Crippen LogP contribution in [0.25, 0.3) is 0 Å². The van der Waals surface area contributed by atoms with Gasteiger partial charge in [0.1, 0.15) is 9.96 Å². The Hall–Kier alpha value is -1.81. The second-order valence-electron chi connectivity index (χ2n) is 6.45. The molecule has 1 heterocycles. The lowest BCUT2D eigenvalue weighted by Gasteiger charge is -2.19. The van der Waals surface area contributed by atoms with Gasteiger partial charge >= 0.3 is 0 Å². The molecule has 0 unspecified atom stereocenters. The summed E-state index contributed by atoms with van der Waals surface area (Å²) in [4.78, 5) is 11.7. The molecule has 27 heavy (non-hydrogen) atoms. The van der Waals surface area contributed by atoms with Crippen LogP contribution in [-0.2, 0) is 14.8 Å². The number of rotatable bonds is 8. The average Bonchev–Trinajstić information content (AvgIpc) is 3.12. The van der Waals surface area contributed by atoms with E-state index in [1.165, 1.54) is 22.7 Å². The summed E-state index contributed by atoms with van der Waals surface area (Å²) in [6.45, 7) is 3.83. The SMILES string of the molecule is CN(c1ccc(OCC(=O)NCC(C)(C)N)cc1)S(=O)(=O)c1cccs1.Cl. The van der Waals surface area contributed by atoms with Crippen molar-refractivity contribution in [2.24, 2.45) is 5.73 Å². The minimum atomic E-state index is -3.57. The molecule has 10 heteroatoms. The summed E-state index contributed by atoms with van der Waals surface area (Å²) < 4.78 is 31.9. The highest BCUT2D eigenvalue weighted by molar-refractivity contribution is 7.94. The van der Waals surface area contributed by atoms with E-state index >= 15 is 0 Å². The zero-order valence-corrected chi connectivity index (χ0v) is 17.8. The Balaban J connectivity index is 0.00000364. The lowest BCUT2D eigenvalue weighted by atomic mass is 10.1. The van der Waals surface area contributed by atoms with Crippen LogP contribution in [0.3, 0.4) is 0 Å². The Morgan fingerprint density at radius 2 is 1.89 bits per heavy atom. The molecule has 0 aliphatic heterocycles. The lowest BCUT2D eigenvalue weighted by Crippen LogP contribution is -2.46. The van der Waals surface area contributed by atoms with Gasteiger partial charge in [0.2, 0.25) is 0 Å². The van der Waals surface area contributed by atoms with Crippen LogP contribution in [0.4, 0.5) is 5.69 Å². The molecule has 2 rings (SSSR count). The predicted octanol–water partition coefficient (Wildman–Crippen LogP) is 2.23. The first-order chi connectivity index (χ1) is 12.1. The van der Waals surface area contributed by atoms with Crippen molar-refractivity contribution in [2.45, 2.75) is 23.6 Å². The van der Waals surface area contributed by atoms with Crippen LogP contribution in [0.1, 0.15) is 13.8 Å². The zero-order chi connectivity index (χ0) is 19.4. The maximum atomic E-state index is 12.5. The van der Waals surface area contributed by atoms with Gasteiger partial charge in [0.25, 0.3) is 15.9 Å². The first-order valence-electron chi connectivity index (χ1n) is 7.90. The first kappa shape index (κ1) is 23.2. The van der Waals surface area contributed by atoms with E-state index in [9.17, 15) is 13.2 Å². The number of nitrogens with two attached hydrogens (primary N) is 1. The molecule has 0 radical (unpaired) electrons. The number of hydrogen-bond acceptors (Lipinski definition) is 6. The summed E-state index contributed by atoms with van der Waals surface area (Å²) in [7, 11) is -2.08. The van der Waals surface area contributed by atoms with Crippen molar-refractivity contribution in [1.29, 1.82) is 0 Å². The molecule has 0 spiro atoms. The van der Waals surface area contributed by atoms with Gasteiger partial charge < -0.3 is 15.8 Å². The van der Waals surface area contributed by atoms with Gasteiger partial charge in [-0.3, -0.25) is 9.10 Å². The summed E-state index contributed by atoms with van der Waals surface area (Å²) >= 11 is 1.17. The van der Waals surface area contributed by atoms with E-state index in [1.807, 2.05) is 13.8 Å². The van der Waals surface area contributed by atoms with E-state index in [0.717, 1.165) is 0 Å². The highest BCUT2D eigenvalue weighted by Gasteiger charge is 2.22. The van der Waals surface area contributed by atoms with Crippen LogP contribution in [0.2, 0.25) is 0 Å². The van der Waals surface area contributed by atoms with E-state index in [-0.39, 0.29) is 29.1 Å². The van der Waals surface area contributed by atoms with Crippen LogP contribution in [0.15, 0.2) is 46.0 Å². The summed E-state index contributed by atoms with van der Waals surface area (Å²) in [6, 6.07) is 9.75. The summed E-state index contributed by atoms with van der Waals surface area (Å²) in [5, 5.41) is 4.40. The lowest BCUT2D eigenvalue weighted by molar-refractivity contribution is -0.123. The summed E-state index contributed by atoms with van der Waals surface area (Å²) in [6.07, 6.45) is 0. The molecule has 0 aliphatic carbocycles. The van der Waals surface area contributed by atoms with Gasteiger partial charge in [0.05, 0.1) is 5.69 Å². The third kappa shape index (κ3) is 6.69. The van der Waals surface area contributed by atoms with Gasteiger partial charge in [0.15, 0.2) is 6.61 Å². The smallest absolute Gasteiger partial charge is 0.273 e. The van der Waals surface area contributed by atoms with Crippen molar-refractivity contribution in [3.63, 3.8) is 0 Å². The van der Waals surface area contributed by atoms with Crippen molar-refractivity contribution in [2.75, 3.05) is 24.5 Å². The Labute approximate surface area is 170 Å². The number of amides is 1. The van der Waals surface area contributed by atoms with Gasteiger partial charge in [-0.05, 0) is 49.6 Å². The number of ether oxygens (including phenoxy) is 1. The maximum absolute atomic E-state index is 12.5. The van der Waals surface area contributed by atoms with Gasteiger partial charge in [-0.2, -0.15) is 0 Å². The predicted molar refractivity (Wildman–Crippen MR) is 110 cm³/mol. The molecule has 1 aromatic heterocycles. The number of nitrogens with one attached hydrogen (secondary N) is 1. The molecule has 0 saturated carbocycles. The number of hydrogen-bond donors (Lipinski definition) is 2. The topological polar surface area (TPSA) is 102 Å². The van der Waals surface area contributed by atoms with E-state index in [0.29, 0.717) is 18.0 Å². The minimum absolute atomic E-state index is 0. The molecular weight excluding hydrogens is 410 g/mol. The van der Waals surface area contributed by atoms with Gasteiger partial charge in [-0.15, -0.1) is 23.7 Å². The van der Waals surface area contributed by atoms with Crippen LogP contribution in [0.5, 0.6) is 5.75 Å². The fourth-order valence-corrected chi connectivity index (χ4v) is 4.32. The Morgan fingerprint density at radius 1 is 1.26 bits per heavy atom. The Bertz CT molecular complexity index is 832. The van der Waals surface area contributed by atoms with Gasteiger partial charge in [0, 0.05) is 19.1 Å². The Kier molecular flexibility index (Phi) is 8.09. The molecule has 1 aromatic carbocycles. The molecule has 0 aliphatic rings. The number of benzene rings is 1. The van der Waals surface area contributed by atoms with Crippen molar-refractivity contribution in [3.05, 3.63) is 41.8 Å². The van der Waals surface area contributed by atoms with Crippen molar-refractivity contribution in [1.82, 2.24) is 5.32 Å². The molecule has 2 aromatic rings. The van der Waals surface area contributed by atoms with E-state index in [4.69, 9.17) is 10.5 Å². The molecule has 0 bridgehead atoms. The van der Waals surface area contributed by atoms with Crippen LogP contribution >= 0.6 is 23.7 Å². The van der Waals surface area contributed by atoms with Crippen molar-refractivity contribution < 1.29 is 17.9 Å². The number of halogens is 1. The molecule has 3 N–H and O–H groups in total. The second kappa shape index (κ2) is 9.41. The molecule has 0 atom stereocenters. The number of nitrogens with zero attached hydrogens (tertiary/aromatic N) is 1. The summed E-state index contributed by atoms with van der Waals surface area (Å²) in [5.41, 5.74) is 5.81. The highest BCUT2D eigenvalue weighted by atomic mass is 35.5. The third-order valence-corrected chi connectivity index (χ3v) is 6.58. The fraction of sp³-hybridized carbons (Fsp3) is 0.353. The number of carbonyl (C=O) groups is 1. The van der Waals surface area contributed by atoms with Crippen molar-refractivity contribution >= 4 is 45.4 Å². The molecule has 1 amide bonds. The molecule has 150 valence electrons. The van der Waals surface area contributed by atoms with E-state index < -0.39 is 15.6 Å². The molecule has 0 fully saturated rings. The largest absolute Gasteiger partial charge is 0.484 e. The number of carbonyl (C=O) groups excluding carboxylic acids is 1. The number of anilines is 1. The second-order valence-corrected chi connectivity index (χ2v) is 9.60. The zero-order valence-electron chi connectivity index (χ0n) is 15.3. The molecular formula is C17H24ClN3O4S2. The average molecular weight is 434 g/mol. The minimum Gasteiger partial charge on any atom is -0.484 e. The monoisotopic (exact) mass is 433 g/mol. The van der Waals surface area contributed by atoms with Crippen LogP contribution in [-0.4, -0.2) is 40.1 Å². The fourth-order valence-electron chi connectivity index (χ4n) is 1.96. The van der Waals surface area contributed by atoms with E-state index in [1.54, 1.807) is 41.8 Å². The quantitative estimate of drug-likeness (QED) is 0.664. The van der Waals surface area contributed by atoms with E-state index in [2.05, 4.69) is 5.32 Å². The van der Waals surface area contributed by atoms with Crippen LogP contribution < -0.4 is 20.1 Å². The summed E-state index contributed by atoms with van der Waals surface area (Å²) in [5.74, 6) is 0.197. The standard InChI is InChI=1S/C17H23N3O4S2.ClH/c1-17(2,18)12-19-15(21)11-24-14-8-6-13(7-9-14)20(3)26(22,23)16-5-4-10-25-16;/h4-10H,11-12,18H2,1-3H3,(H,19,21);1H.